The van der Waals surface area contributed by atoms with E-state index in [2.05, 4.69) is 10.6 Å². The number of carbonyl (C=O) groups is 2. The Hall–Kier alpha value is -2.08. The van der Waals surface area contributed by atoms with Crippen molar-refractivity contribution in [3.05, 3.63) is 29.8 Å². The normalized spacial score (nSPS) is 18.3. The minimum absolute atomic E-state index is 0.00285. The first-order valence-electron chi connectivity index (χ1n) is 6.11. The number of amides is 1. The van der Waals surface area contributed by atoms with Crippen molar-refractivity contribution in [3.8, 4) is 0 Å². The summed E-state index contributed by atoms with van der Waals surface area (Å²) in [7, 11) is 0. The molecule has 102 valence electrons. The van der Waals surface area contributed by atoms with Crippen LogP contribution in [0, 0.1) is 0 Å². The topological polar surface area (TPSA) is 98.7 Å². The Labute approximate surface area is 110 Å². The van der Waals surface area contributed by atoms with Crippen LogP contribution in [0.25, 0.3) is 0 Å². The van der Waals surface area contributed by atoms with Gasteiger partial charge in [-0.2, -0.15) is 0 Å². The molecule has 6 nitrogen and oxygen atoms in total. The van der Waals surface area contributed by atoms with Crippen LogP contribution in [0.2, 0.25) is 0 Å². The predicted octanol–water partition coefficient (Wildman–Crippen LogP) is 0.148. The van der Waals surface area contributed by atoms with Gasteiger partial charge in [0.2, 0.25) is 5.91 Å². The average Bonchev–Trinajstić information content (AvgIpc) is 2.82. The highest BCUT2D eigenvalue weighted by molar-refractivity contribution is 5.88. The maximum Gasteiger partial charge on any atom is 0.332 e. The largest absolute Gasteiger partial charge is 0.479 e. The lowest BCUT2D eigenvalue weighted by Crippen LogP contribution is -2.34. The Morgan fingerprint density at radius 2 is 2.16 bits per heavy atom. The second-order valence-corrected chi connectivity index (χ2v) is 4.45. The van der Waals surface area contributed by atoms with E-state index in [9.17, 15) is 9.59 Å². The fourth-order valence-corrected chi connectivity index (χ4v) is 2.10. The molecular formula is C13H16N2O4. The van der Waals surface area contributed by atoms with Gasteiger partial charge in [-0.1, -0.05) is 18.2 Å². The SMILES string of the molecule is O=C(O)C(O)CCNC(=O)C1CNc2ccccc21. The molecule has 0 radical (unpaired) electrons. The van der Waals surface area contributed by atoms with Crippen molar-refractivity contribution in [2.45, 2.75) is 18.4 Å². The summed E-state index contributed by atoms with van der Waals surface area (Å²) in [5.74, 6) is -1.70. The lowest BCUT2D eigenvalue weighted by molar-refractivity contribution is -0.147. The number of nitrogens with one attached hydrogen (secondary N) is 2. The number of carboxylic acids is 1. The molecule has 2 unspecified atom stereocenters. The van der Waals surface area contributed by atoms with Crippen molar-refractivity contribution in [1.82, 2.24) is 5.32 Å². The van der Waals surface area contributed by atoms with Gasteiger partial charge in [0, 0.05) is 25.2 Å². The molecule has 6 heteroatoms. The van der Waals surface area contributed by atoms with Crippen LogP contribution in [0.1, 0.15) is 17.9 Å². The van der Waals surface area contributed by atoms with E-state index in [1.807, 2.05) is 24.3 Å². The van der Waals surface area contributed by atoms with Gasteiger partial charge in [-0.05, 0) is 11.6 Å². The number of aliphatic hydroxyl groups excluding tert-OH is 1. The van der Waals surface area contributed by atoms with E-state index in [0.29, 0.717) is 6.54 Å². The number of hydrogen-bond acceptors (Lipinski definition) is 4. The van der Waals surface area contributed by atoms with Crippen LogP contribution in [0.15, 0.2) is 24.3 Å². The maximum absolute atomic E-state index is 12.0. The van der Waals surface area contributed by atoms with Gasteiger partial charge in [0.25, 0.3) is 0 Å². The number of carboxylic acid groups (broad SMARTS) is 1. The number of hydrogen-bond donors (Lipinski definition) is 4. The van der Waals surface area contributed by atoms with E-state index in [-0.39, 0.29) is 24.8 Å². The average molecular weight is 264 g/mol. The Morgan fingerprint density at radius 1 is 1.42 bits per heavy atom. The fraction of sp³-hybridized carbons (Fsp3) is 0.385. The summed E-state index contributed by atoms with van der Waals surface area (Å²) in [6.45, 7) is 0.678. The minimum atomic E-state index is -1.44. The number of para-hydroxylation sites is 1. The van der Waals surface area contributed by atoms with Crippen LogP contribution in [0.5, 0.6) is 0 Å². The minimum Gasteiger partial charge on any atom is -0.479 e. The molecule has 4 N–H and O–H groups in total. The summed E-state index contributed by atoms with van der Waals surface area (Å²) < 4.78 is 0. The first kappa shape index (κ1) is 13.4. The summed E-state index contributed by atoms with van der Waals surface area (Å²) >= 11 is 0. The molecule has 1 aromatic rings. The standard InChI is InChI=1S/C13H16N2O4/c16-11(13(18)19)5-6-14-12(17)9-7-15-10-4-2-1-3-8(9)10/h1-4,9,11,15-16H,5-7H2,(H,14,17)(H,18,19). The Balaban J connectivity index is 1.87. The van der Waals surface area contributed by atoms with Crippen molar-refractivity contribution < 1.29 is 19.8 Å². The molecule has 0 spiro atoms. The lowest BCUT2D eigenvalue weighted by Gasteiger charge is -2.12. The third-order valence-electron chi connectivity index (χ3n) is 3.15. The van der Waals surface area contributed by atoms with E-state index < -0.39 is 12.1 Å². The highest BCUT2D eigenvalue weighted by Crippen LogP contribution is 2.30. The van der Waals surface area contributed by atoms with Crippen molar-refractivity contribution >= 4 is 17.6 Å². The third-order valence-corrected chi connectivity index (χ3v) is 3.15. The zero-order valence-electron chi connectivity index (χ0n) is 10.3. The number of aliphatic hydroxyl groups is 1. The highest BCUT2D eigenvalue weighted by Gasteiger charge is 2.27. The van der Waals surface area contributed by atoms with Gasteiger partial charge in [-0.3, -0.25) is 4.79 Å². The molecule has 0 saturated heterocycles. The molecule has 1 aromatic carbocycles. The molecule has 1 heterocycles. The summed E-state index contributed by atoms with van der Waals surface area (Å²) in [4.78, 5) is 22.4. The fourth-order valence-electron chi connectivity index (χ4n) is 2.10. The predicted molar refractivity (Wildman–Crippen MR) is 68.9 cm³/mol. The number of aliphatic carboxylic acids is 1. The summed E-state index contributed by atoms with van der Waals surface area (Å²) in [5.41, 5.74) is 1.90. The molecule has 2 rings (SSSR count). The molecule has 2 atom stereocenters. The third kappa shape index (κ3) is 3.03. The van der Waals surface area contributed by atoms with E-state index in [4.69, 9.17) is 10.2 Å². The zero-order valence-corrected chi connectivity index (χ0v) is 10.3. The van der Waals surface area contributed by atoms with Gasteiger partial charge in [0.15, 0.2) is 6.10 Å². The number of carbonyl (C=O) groups excluding carboxylic acids is 1. The second-order valence-electron chi connectivity index (χ2n) is 4.45. The quantitative estimate of drug-likeness (QED) is 0.606. The zero-order chi connectivity index (χ0) is 13.8. The van der Waals surface area contributed by atoms with Crippen LogP contribution < -0.4 is 10.6 Å². The Kier molecular flexibility index (Phi) is 4.01. The van der Waals surface area contributed by atoms with Crippen molar-refractivity contribution in [2.24, 2.45) is 0 Å². The molecule has 1 aliphatic heterocycles. The lowest BCUT2D eigenvalue weighted by atomic mass is 10.0. The summed E-state index contributed by atoms with van der Waals surface area (Å²) in [6.07, 6.45) is -1.43. The highest BCUT2D eigenvalue weighted by atomic mass is 16.4. The molecule has 0 bridgehead atoms. The van der Waals surface area contributed by atoms with Gasteiger partial charge in [-0.25, -0.2) is 4.79 Å². The number of fused-ring (bicyclic) bond motifs is 1. The first-order valence-corrected chi connectivity index (χ1v) is 6.11. The van der Waals surface area contributed by atoms with Gasteiger partial charge in [0.05, 0.1) is 5.92 Å². The summed E-state index contributed by atoms with van der Waals surface area (Å²) in [5, 5.41) is 23.4. The summed E-state index contributed by atoms with van der Waals surface area (Å²) in [6, 6.07) is 7.58. The monoisotopic (exact) mass is 264 g/mol. The number of rotatable bonds is 5. The van der Waals surface area contributed by atoms with Gasteiger partial charge < -0.3 is 20.8 Å². The van der Waals surface area contributed by atoms with Crippen LogP contribution in [-0.4, -0.2) is 41.3 Å². The molecular weight excluding hydrogens is 248 g/mol. The van der Waals surface area contributed by atoms with Gasteiger partial charge in [-0.15, -0.1) is 0 Å². The molecule has 0 aliphatic carbocycles. The van der Waals surface area contributed by atoms with Crippen molar-refractivity contribution in [3.63, 3.8) is 0 Å². The Morgan fingerprint density at radius 3 is 2.89 bits per heavy atom. The maximum atomic E-state index is 12.0. The molecule has 0 saturated carbocycles. The van der Waals surface area contributed by atoms with E-state index in [0.717, 1.165) is 11.3 Å². The molecule has 1 aliphatic rings. The van der Waals surface area contributed by atoms with Crippen molar-refractivity contribution in [1.29, 1.82) is 0 Å². The van der Waals surface area contributed by atoms with Gasteiger partial charge >= 0.3 is 5.97 Å². The molecule has 1 amide bonds. The van der Waals surface area contributed by atoms with Crippen LogP contribution in [0.4, 0.5) is 5.69 Å². The first-order chi connectivity index (χ1) is 9.09. The Bertz CT molecular complexity index is 489. The van der Waals surface area contributed by atoms with Crippen LogP contribution >= 0.6 is 0 Å². The molecule has 0 fully saturated rings. The van der Waals surface area contributed by atoms with E-state index >= 15 is 0 Å². The van der Waals surface area contributed by atoms with Gasteiger partial charge in [0.1, 0.15) is 0 Å². The van der Waals surface area contributed by atoms with E-state index in [1.54, 1.807) is 0 Å². The number of anilines is 1. The smallest absolute Gasteiger partial charge is 0.332 e. The second kappa shape index (κ2) is 5.71. The molecule has 19 heavy (non-hydrogen) atoms. The van der Waals surface area contributed by atoms with Crippen LogP contribution in [0.3, 0.4) is 0 Å². The molecule has 0 aromatic heterocycles. The van der Waals surface area contributed by atoms with Crippen LogP contribution in [-0.2, 0) is 9.59 Å². The van der Waals surface area contributed by atoms with Crippen molar-refractivity contribution in [2.75, 3.05) is 18.4 Å². The van der Waals surface area contributed by atoms with E-state index in [1.165, 1.54) is 0 Å². The number of benzene rings is 1.